The second-order valence-corrected chi connectivity index (χ2v) is 7.84. The van der Waals surface area contributed by atoms with Crippen molar-refractivity contribution in [2.75, 3.05) is 20.8 Å². The second-order valence-electron chi connectivity index (χ2n) is 5.95. The highest BCUT2D eigenvalue weighted by molar-refractivity contribution is 7.89. The molecular weight excluding hydrogens is 332 g/mol. The fraction of sp³-hybridized carbons (Fsp3) is 0.562. The number of nitrogens with one attached hydrogen (secondary N) is 1. The zero-order chi connectivity index (χ0) is 17.9. The minimum absolute atomic E-state index is 0.0382. The van der Waals surface area contributed by atoms with Crippen molar-refractivity contribution >= 4 is 15.9 Å². The standard InChI is InChI=1S/C16H24N2O5S/c1-11(2)17-16(19)13-6-5-9-18(13)24(20,21)12-7-8-14(22-3)15(10-12)23-4/h7-8,10-11,13H,5-6,9H2,1-4H3,(H,17,19). The average molecular weight is 356 g/mol. The summed E-state index contributed by atoms with van der Waals surface area (Å²) in [7, 11) is -0.857. The average Bonchev–Trinajstić information content (AvgIpc) is 3.04. The fourth-order valence-electron chi connectivity index (χ4n) is 2.78. The molecule has 1 unspecified atom stereocenters. The number of hydrogen-bond acceptors (Lipinski definition) is 5. The Morgan fingerprint density at radius 3 is 2.50 bits per heavy atom. The number of ether oxygens (including phenoxy) is 2. The molecule has 1 aliphatic heterocycles. The van der Waals surface area contributed by atoms with Gasteiger partial charge in [0.2, 0.25) is 15.9 Å². The van der Waals surface area contributed by atoms with Crippen molar-refractivity contribution in [3.63, 3.8) is 0 Å². The summed E-state index contributed by atoms with van der Waals surface area (Å²) >= 11 is 0. The molecule has 1 aromatic carbocycles. The summed E-state index contributed by atoms with van der Waals surface area (Å²) < 4.78 is 37.5. The predicted molar refractivity (Wildman–Crippen MR) is 89.7 cm³/mol. The Balaban J connectivity index is 2.33. The summed E-state index contributed by atoms with van der Waals surface area (Å²) in [5.41, 5.74) is 0. The van der Waals surface area contributed by atoms with Crippen LogP contribution in [0.3, 0.4) is 0 Å². The van der Waals surface area contributed by atoms with Crippen molar-refractivity contribution < 1.29 is 22.7 Å². The molecule has 0 bridgehead atoms. The number of methoxy groups -OCH3 is 2. The number of carbonyl (C=O) groups excluding carboxylic acids is 1. The topological polar surface area (TPSA) is 84.9 Å². The van der Waals surface area contributed by atoms with E-state index in [1.165, 1.54) is 30.7 Å². The molecular formula is C16H24N2O5S. The van der Waals surface area contributed by atoms with Crippen LogP contribution >= 0.6 is 0 Å². The van der Waals surface area contributed by atoms with Gasteiger partial charge in [-0.2, -0.15) is 4.31 Å². The molecule has 1 saturated heterocycles. The molecule has 1 atom stereocenters. The molecule has 0 saturated carbocycles. The lowest BCUT2D eigenvalue weighted by atomic mass is 10.2. The summed E-state index contributed by atoms with van der Waals surface area (Å²) in [5, 5.41) is 2.79. The molecule has 24 heavy (non-hydrogen) atoms. The first kappa shape index (κ1) is 18.5. The van der Waals surface area contributed by atoms with Gasteiger partial charge in [0, 0.05) is 18.7 Å². The van der Waals surface area contributed by atoms with Crippen molar-refractivity contribution in [1.29, 1.82) is 0 Å². The molecule has 0 aliphatic carbocycles. The van der Waals surface area contributed by atoms with Crippen molar-refractivity contribution in [2.45, 2.75) is 43.7 Å². The highest BCUT2D eigenvalue weighted by atomic mass is 32.2. The minimum atomic E-state index is -3.79. The lowest BCUT2D eigenvalue weighted by Gasteiger charge is -2.24. The number of carbonyl (C=O) groups is 1. The van der Waals surface area contributed by atoms with E-state index in [0.717, 1.165) is 0 Å². The van der Waals surface area contributed by atoms with Crippen LogP contribution in [0.5, 0.6) is 11.5 Å². The number of nitrogens with zero attached hydrogens (tertiary/aromatic N) is 1. The molecule has 7 nitrogen and oxygen atoms in total. The molecule has 1 N–H and O–H groups in total. The molecule has 2 rings (SSSR count). The van der Waals surface area contributed by atoms with E-state index in [2.05, 4.69) is 5.32 Å². The maximum atomic E-state index is 13.0. The molecule has 1 heterocycles. The van der Waals surface area contributed by atoms with Crippen LogP contribution in [0.2, 0.25) is 0 Å². The smallest absolute Gasteiger partial charge is 0.243 e. The van der Waals surface area contributed by atoms with Gasteiger partial charge in [-0.15, -0.1) is 0 Å². The number of hydrogen-bond donors (Lipinski definition) is 1. The largest absolute Gasteiger partial charge is 0.493 e. The summed E-state index contributed by atoms with van der Waals surface area (Å²) in [4.78, 5) is 12.4. The molecule has 1 aliphatic rings. The second kappa shape index (κ2) is 7.40. The van der Waals surface area contributed by atoms with Crippen LogP contribution in [0, 0.1) is 0 Å². The van der Waals surface area contributed by atoms with Gasteiger partial charge in [-0.1, -0.05) is 0 Å². The van der Waals surface area contributed by atoms with Gasteiger partial charge in [-0.05, 0) is 38.8 Å². The first-order valence-corrected chi connectivity index (χ1v) is 9.29. The van der Waals surface area contributed by atoms with Crippen molar-refractivity contribution in [2.24, 2.45) is 0 Å². The van der Waals surface area contributed by atoms with Crippen LogP contribution in [-0.2, 0) is 14.8 Å². The number of rotatable bonds is 6. The minimum Gasteiger partial charge on any atom is -0.493 e. The molecule has 1 fully saturated rings. The van der Waals surface area contributed by atoms with Crippen LogP contribution in [0.1, 0.15) is 26.7 Å². The summed E-state index contributed by atoms with van der Waals surface area (Å²) in [6.45, 7) is 4.02. The molecule has 1 aromatic rings. The third-order valence-electron chi connectivity index (χ3n) is 3.90. The van der Waals surface area contributed by atoms with Crippen molar-refractivity contribution in [1.82, 2.24) is 9.62 Å². The lowest BCUT2D eigenvalue weighted by Crippen LogP contribution is -2.47. The Hall–Kier alpha value is -1.80. The van der Waals surface area contributed by atoms with E-state index in [1.807, 2.05) is 13.8 Å². The van der Waals surface area contributed by atoms with Gasteiger partial charge in [0.1, 0.15) is 6.04 Å². The number of sulfonamides is 1. The third-order valence-corrected chi connectivity index (χ3v) is 5.80. The molecule has 0 aromatic heterocycles. The Labute approximate surface area is 143 Å². The van der Waals surface area contributed by atoms with E-state index in [1.54, 1.807) is 6.07 Å². The third kappa shape index (κ3) is 3.64. The predicted octanol–water partition coefficient (Wildman–Crippen LogP) is 1.38. The monoisotopic (exact) mass is 356 g/mol. The van der Waals surface area contributed by atoms with Crippen LogP contribution in [0.25, 0.3) is 0 Å². The van der Waals surface area contributed by atoms with E-state index in [0.29, 0.717) is 30.9 Å². The zero-order valence-corrected chi connectivity index (χ0v) is 15.2. The van der Waals surface area contributed by atoms with E-state index in [4.69, 9.17) is 9.47 Å². The normalized spacial score (nSPS) is 18.6. The van der Waals surface area contributed by atoms with E-state index < -0.39 is 16.1 Å². The molecule has 134 valence electrons. The maximum absolute atomic E-state index is 13.0. The van der Waals surface area contributed by atoms with Crippen molar-refractivity contribution in [3.05, 3.63) is 18.2 Å². The Bertz CT molecular complexity index is 702. The van der Waals surface area contributed by atoms with Gasteiger partial charge in [0.25, 0.3) is 0 Å². The van der Waals surface area contributed by atoms with Gasteiger partial charge in [-0.25, -0.2) is 8.42 Å². The molecule has 1 amide bonds. The van der Waals surface area contributed by atoms with Crippen LogP contribution in [0.15, 0.2) is 23.1 Å². The number of benzene rings is 1. The molecule has 0 radical (unpaired) electrons. The maximum Gasteiger partial charge on any atom is 0.243 e. The summed E-state index contributed by atoms with van der Waals surface area (Å²) in [6.07, 6.45) is 1.17. The SMILES string of the molecule is COc1ccc(S(=O)(=O)N2CCCC2C(=O)NC(C)C)cc1OC. The summed E-state index contributed by atoms with van der Waals surface area (Å²) in [5.74, 6) is 0.527. The van der Waals surface area contributed by atoms with Crippen LogP contribution < -0.4 is 14.8 Å². The van der Waals surface area contributed by atoms with Gasteiger partial charge in [-0.3, -0.25) is 4.79 Å². The summed E-state index contributed by atoms with van der Waals surface area (Å²) in [6, 6.07) is 3.72. The Morgan fingerprint density at radius 1 is 1.25 bits per heavy atom. The van der Waals surface area contributed by atoms with Crippen LogP contribution in [0.4, 0.5) is 0 Å². The molecule has 0 spiro atoms. The molecule has 8 heteroatoms. The van der Waals surface area contributed by atoms with E-state index in [-0.39, 0.29) is 16.8 Å². The van der Waals surface area contributed by atoms with E-state index in [9.17, 15) is 13.2 Å². The van der Waals surface area contributed by atoms with Gasteiger partial charge in [0.15, 0.2) is 11.5 Å². The van der Waals surface area contributed by atoms with Gasteiger partial charge >= 0.3 is 0 Å². The van der Waals surface area contributed by atoms with Crippen molar-refractivity contribution in [3.8, 4) is 11.5 Å². The Morgan fingerprint density at radius 2 is 1.92 bits per heavy atom. The fourth-order valence-corrected chi connectivity index (χ4v) is 4.46. The highest BCUT2D eigenvalue weighted by Gasteiger charge is 2.39. The first-order valence-electron chi connectivity index (χ1n) is 7.85. The Kier molecular flexibility index (Phi) is 5.71. The first-order chi connectivity index (χ1) is 11.3. The zero-order valence-electron chi connectivity index (χ0n) is 14.4. The van der Waals surface area contributed by atoms with Crippen LogP contribution in [-0.4, -0.2) is 51.5 Å². The van der Waals surface area contributed by atoms with Gasteiger partial charge in [0.05, 0.1) is 19.1 Å². The van der Waals surface area contributed by atoms with E-state index >= 15 is 0 Å². The quantitative estimate of drug-likeness (QED) is 0.832. The highest BCUT2D eigenvalue weighted by Crippen LogP contribution is 2.33. The van der Waals surface area contributed by atoms with Gasteiger partial charge < -0.3 is 14.8 Å². The number of amides is 1. The lowest BCUT2D eigenvalue weighted by molar-refractivity contribution is -0.124.